The van der Waals surface area contributed by atoms with E-state index in [2.05, 4.69) is 20.9 Å². The lowest BCUT2D eigenvalue weighted by molar-refractivity contribution is -0.0160. The van der Waals surface area contributed by atoms with Crippen LogP contribution in [0.1, 0.15) is 12.8 Å². The highest BCUT2D eigenvalue weighted by Crippen LogP contribution is 2.37. The largest absolute Gasteiger partial charge is 0.380 e. The van der Waals surface area contributed by atoms with E-state index >= 15 is 0 Å². The maximum absolute atomic E-state index is 12.4. The van der Waals surface area contributed by atoms with Crippen LogP contribution in [0, 0.1) is 0 Å². The summed E-state index contributed by atoms with van der Waals surface area (Å²) < 4.78 is 7.55. The number of fused-ring (bicyclic) bond motifs is 2. The van der Waals surface area contributed by atoms with Crippen molar-refractivity contribution in [2.45, 2.75) is 31.0 Å². The van der Waals surface area contributed by atoms with Gasteiger partial charge in [0.2, 0.25) is 0 Å². The van der Waals surface area contributed by atoms with Crippen molar-refractivity contribution in [3.63, 3.8) is 0 Å². The molecule has 0 aromatic rings. The second kappa shape index (κ2) is 5.11. The van der Waals surface area contributed by atoms with Crippen molar-refractivity contribution in [3.05, 3.63) is 0 Å². The van der Waals surface area contributed by atoms with E-state index in [9.17, 15) is 4.79 Å². The molecule has 102 valence electrons. The van der Waals surface area contributed by atoms with Crippen molar-refractivity contribution in [1.82, 2.24) is 14.1 Å². The van der Waals surface area contributed by atoms with E-state index in [1.54, 1.807) is 7.11 Å². The third-order valence-corrected chi connectivity index (χ3v) is 5.47. The Balaban J connectivity index is 1.59. The Morgan fingerprint density at radius 1 is 1.33 bits per heavy atom. The second-order valence-electron chi connectivity index (χ2n) is 5.25. The molecular weight excluding hydrogens is 270 g/mol. The van der Waals surface area contributed by atoms with Crippen LogP contribution in [0.2, 0.25) is 0 Å². The topological polar surface area (TPSA) is 36.0 Å². The molecule has 2 bridgehead atoms. The molecule has 0 aromatic heterocycles. The zero-order chi connectivity index (χ0) is 12.7. The summed E-state index contributed by atoms with van der Waals surface area (Å²) in [7, 11) is 3.21. The van der Waals surface area contributed by atoms with E-state index in [1.807, 2.05) is 4.90 Å². The summed E-state index contributed by atoms with van der Waals surface area (Å²) in [6, 6.07) is 0.981. The van der Waals surface area contributed by atoms with Gasteiger partial charge in [-0.3, -0.25) is 0 Å². The summed E-state index contributed by atoms with van der Waals surface area (Å²) in [5.41, 5.74) is 0. The quantitative estimate of drug-likeness (QED) is 0.469. The van der Waals surface area contributed by atoms with E-state index in [4.69, 9.17) is 4.74 Å². The lowest BCUT2D eigenvalue weighted by atomic mass is 9.89. The number of thiol groups is 1. The van der Waals surface area contributed by atoms with Gasteiger partial charge in [-0.05, 0) is 23.8 Å². The number of ether oxygens (including phenoxy) is 1. The van der Waals surface area contributed by atoms with Crippen LogP contribution in [0.4, 0.5) is 4.79 Å². The standard InChI is InChI=1S/C11H19N3O2S2/c1-16-10-2-3-12(7-10)11(15)14-8-4-9(14)6-13(5-8)18-17/h8-10,17H,2-7H2,1H3. The number of piperazine rings is 1. The summed E-state index contributed by atoms with van der Waals surface area (Å²) in [5.74, 6) is 0. The molecule has 2 amide bonds. The maximum Gasteiger partial charge on any atom is 0.320 e. The number of urea groups is 1. The third kappa shape index (κ3) is 2.11. The van der Waals surface area contributed by atoms with E-state index < -0.39 is 0 Å². The fraction of sp³-hybridized carbons (Fsp3) is 0.909. The van der Waals surface area contributed by atoms with E-state index in [0.717, 1.165) is 39.0 Å². The minimum absolute atomic E-state index is 0.208. The molecule has 0 saturated carbocycles. The molecule has 3 saturated heterocycles. The first-order valence-electron chi connectivity index (χ1n) is 6.39. The number of rotatable bonds is 2. The van der Waals surface area contributed by atoms with E-state index in [1.165, 1.54) is 11.0 Å². The number of methoxy groups -OCH3 is 1. The molecule has 0 N–H and O–H groups in total. The molecule has 3 heterocycles. The summed E-state index contributed by atoms with van der Waals surface area (Å²) >= 11 is 4.23. The maximum atomic E-state index is 12.4. The van der Waals surface area contributed by atoms with Crippen LogP contribution in [-0.4, -0.2) is 71.6 Å². The van der Waals surface area contributed by atoms with Gasteiger partial charge in [-0.1, -0.05) is 11.7 Å². The molecule has 0 spiro atoms. The molecule has 3 aliphatic heterocycles. The smallest absolute Gasteiger partial charge is 0.320 e. The van der Waals surface area contributed by atoms with Crippen LogP contribution in [0.25, 0.3) is 0 Å². The molecule has 3 fully saturated rings. The molecule has 3 unspecified atom stereocenters. The van der Waals surface area contributed by atoms with Gasteiger partial charge in [0.15, 0.2) is 0 Å². The first-order valence-corrected chi connectivity index (χ1v) is 8.22. The van der Waals surface area contributed by atoms with Crippen molar-refractivity contribution in [2.75, 3.05) is 33.3 Å². The van der Waals surface area contributed by atoms with Gasteiger partial charge in [-0.25, -0.2) is 9.10 Å². The summed E-state index contributed by atoms with van der Waals surface area (Å²) in [4.78, 5) is 16.5. The molecule has 3 atom stereocenters. The molecular formula is C11H19N3O2S2. The van der Waals surface area contributed by atoms with Crippen LogP contribution in [0.3, 0.4) is 0 Å². The van der Waals surface area contributed by atoms with E-state index in [-0.39, 0.29) is 12.1 Å². The van der Waals surface area contributed by atoms with Gasteiger partial charge in [-0.15, -0.1) is 0 Å². The molecule has 3 aliphatic rings. The van der Waals surface area contributed by atoms with Crippen molar-refractivity contribution in [2.24, 2.45) is 0 Å². The Kier molecular flexibility index (Phi) is 3.66. The van der Waals surface area contributed by atoms with Crippen molar-refractivity contribution >= 4 is 28.7 Å². The number of hydrogen-bond acceptors (Lipinski definition) is 5. The first-order chi connectivity index (χ1) is 8.72. The minimum atomic E-state index is 0.208. The average Bonchev–Trinajstić information content (AvgIpc) is 2.87. The highest BCUT2D eigenvalue weighted by atomic mass is 33.1. The lowest BCUT2D eigenvalue weighted by Crippen LogP contribution is -2.70. The summed E-state index contributed by atoms with van der Waals surface area (Å²) in [6.45, 7) is 3.46. The first kappa shape index (κ1) is 12.9. The highest BCUT2D eigenvalue weighted by molar-refractivity contribution is 8.67. The lowest BCUT2D eigenvalue weighted by Gasteiger charge is -2.56. The number of carbonyl (C=O) groups is 1. The Bertz CT molecular complexity index is 332. The minimum Gasteiger partial charge on any atom is -0.380 e. The average molecular weight is 289 g/mol. The molecule has 0 radical (unpaired) electrons. The Hall–Kier alpha value is -0.110. The predicted octanol–water partition coefficient (Wildman–Crippen LogP) is 1.08. The number of nitrogens with zero attached hydrogens (tertiary/aromatic N) is 3. The van der Waals surface area contributed by atoms with Gasteiger partial charge < -0.3 is 14.5 Å². The molecule has 0 aromatic carbocycles. The second-order valence-corrected chi connectivity index (χ2v) is 6.42. The third-order valence-electron chi connectivity index (χ3n) is 4.24. The van der Waals surface area contributed by atoms with Crippen molar-refractivity contribution in [1.29, 1.82) is 0 Å². The number of carbonyl (C=O) groups excluding carboxylic acids is 1. The van der Waals surface area contributed by atoms with Crippen LogP contribution in [0.15, 0.2) is 0 Å². The van der Waals surface area contributed by atoms with Gasteiger partial charge in [0.05, 0.1) is 6.10 Å². The molecule has 5 nitrogen and oxygen atoms in total. The van der Waals surface area contributed by atoms with E-state index in [0.29, 0.717) is 12.1 Å². The van der Waals surface area contributed by atoms with Crippen LogP contribution in [0.5, 0.6) is 0 Å². The molecule has 3 rings (SSSR count). The summed E-state index contributed by atoms with van der Waals surface area (Å²) in [6.07, 6.45) is 2.34. The van der Waals surface area contributed by atoms with Gasteiger partial charge in [-0.2, -0.15) is 0 Å². The van der Waals surface area contributed by atoms with Crippen LogP contribution < -0.4 is 0 Å². The highest BCUT2D eigenvalue weighted by Gasteiger charge is 2.49. The van der Waals surface area contributed by atoms with Crippen molar-refractivity contribution in [3.8, 4) is 0 Å². The number of hydrogen-bond donors (Lipinski definition) is 1. The van der Waals surface area contributed by atoms with Crippen LogP contribution >= 0.6 is 22.6 Å². The normalized spacial score (nSPS) is 35.8. The predicted molar refractivity (Wildman–Crippen MR) is 74.6 cm³/mol. The Morgan fingerprint density at radius 2 is 2.06 bits per heavy atom. The molecule has 18 heavy (non-hydrogen) atoms. The Labute approximate surface area is 117 Å². The van der Waals surface area contributed by atoms with Gasteiger partial charge in [0, 0.05) is 45.4 Å². The number of likely N-dealkylation sites (tertiary alicyclic amines) is 2. The number of amides is 2. The summed E-state index contributed by atoms with van der Waals surface area (Å²) in [5, 5.41) is 0. The monoisotopic (exact) mass is 289 g/mol. The van der Waals surface area contributed by atoms with Crippen LogP contribution in [-0.2, 0) is 4.74 Å². The molecule has 0 aliphatic carbocycles. The van der Waals surface area contributed by atoms with Gasteiger partial charge >= 0.3 is 6.03 Å². The number of piperidine rings is 1. The van der Waals surface area contributed by atoms with Gasteiger partial charge in [0.25, 0.3) is 0 Å². The zero-order valence-corrected chi connectivity index (χ0v) is 12.2. The fourth-order valence-corrected chi connectivity index (χ4v) is 4.09. The zero-order valence-electron chi connectivity index (χ0n) is 10.5. The fourth-order valence-electron chi connectivity index (χ4n) is 3.21. The van der Waals surface area contributed by atoms with Gasteiger partial charge in [0.1, 0.15) is 0 Å². The van der Waals surface area contributed by atoms with Crippen molar-refractivity contribution < 1.29 is 9.53 Å². The SMILES string of the molecule is COC1CCN(C(=O)N2C3CC2CN(SS)C3)C1. The molecule has 7 heteroatoms. The Morgan fingerprint density at radius 3 is 2.61 bits per heavy atom.